The van der Waals surface area contributed by atoms with Crippen molar-refractivity contribution < 1.29 is 14.6 Å². The van der Waals surface area contributed by atoms with E-state index in [0.29, 0.717) is 22.3 Å². The van der Waals surface area contributed by atoms with E-state index in [1.54, 1.807) is 42.5 Å². The number of hydrazone groups is 1. The van der Waals surface area contributed by atoms with Crippen molar-refractivity contribution in [3.63, 3.8) is 0 Å². The third-order valence-electron chi connectivity index (χ3n) is 3.24. The van der Waals surface area contributed by atoms with Crippen molar-refractivity contribution in [3.05, 3.63) is 64.4 Å². The number of para-hydroxylation sites is 3. The number of ether oxygens (including phenoxy) is 1. The van der Waals surface area contributed by atoms with E-state index in [1.807, 2.05) is 6.07 Å². The van der Waals surface area contributed by atoms with E-state index in [-0.39, 0.29) is 5.82 Å². The summed E-state index contributed by atoms with van der Waals surface area (Å²) in [5.41, 5.74) is 4.02. The van der Waals surface area contributed by atoms with Crippen LogP contribution < -0.4 is 15.7 Å². The van der Waals surface area contributed by atoms with E-state index in [1.165, 1.54) is 6.21 Å². The summed E-state index contributed by atoms with van der Waals surface area (Å²) < 4.78 is 5.18. The summed E-state index contributed by atoms with van der Waals surface area (Å²) in [4.78, 5) is 29.5. The molecule has 0 atom stereocenters. The molecular weight excluding hydrogens is 324 g/mol. The second-order valence-electron chi connectivity index (χ2n) is 5.02. The zero-order valence-electron chi connectivity index (χ0n) is 13.0. The minimum Gasteiger partial charge on any atom is -0.481 e. The van der Waals surface area contributed by atoms with Gasteiger partial charge < -0.3 is 14.8 Å². The van der Waals surface area contributed by atoms with Crippen molar-refractivity contribution in [2.75, 3.05) is 12.0 Å². The van der Waals surface area contributed by atoms with Crippen LogP contribution in [0.25, 0.3) is 11.0 Å². The van der Waals surface area contributed by atoms with Gasteiger partial charge in [-0.15, -0.1) is 0 Å². The molecule has 8 nitrogen and oxygen atoms in total. The lowest BCUT2D eigenvalue weighted by Gasteiger charge is -2.06. The van der Waals surface area contributed by atoms with E-state index in [0.717, 1.165) is 0 Å². The molecule has 126 valence electrons. The van der Waals surface area contributed by atoms with Gasteiger partial charge >= 0.3 is 5.97 Å². The summed E-state index contributed by atoms with van der Waals surface area (Å²) in [5.74, 6) is -0.647. The maximum absolute atomic E-state index is 12.0. The first-order chi connectivity index (χ1) is 12.1. The van der Waals surface area contributed by atoms with Gasteiger partial charge in [0.15, 0.2) is 6.61 Å². The molecular formula is C17H14N4O4. The summed E-state index contributed by atoms with van der Waals surface area (Å²) in [6.07, 6.45) is 1.42. The maximum Gasteiger partial charge on any atom is 0.341 e. The number of benzene rings is 2. The van der Waals surface area contributed by atoms with Crippen LogP contribution in [0.4, 0.5) is 5.82 Å². The Kier molecular flexibility index (Phi) is 4.70. The first-order valence-electron chi connectivity index (χ1n) is 7.35. The molecule has 2 aromatic carbocycles. The molecule has 0 unspecified atom stereocenters. The van der Waals surface area contributed by atoms with Crippen molar-refractivity contribution in [1.82, 2.24) is 9.97 Å². The first kappa shape index (κ1) is 16.2. The molecule has 0 radical (unpaired) electrons. The van der Waals surface area contributed by atoms with E-state index < -0.39 is 18.1 Å². The van der Waals surface area contributed by atoms with E-state index in [9.17, 15) is 9.59 Å². The van der Waals surface area contributed by atoms with Gasteiger partial charge in [-0.3, -0.25) is 10.2 Å². The van der Waals surface area contributed by atoms with E-state index in [4.69, 9.17) is 9.84 Å². The Hall–Kier alpha value is -3.68. The first-order valence-corrected chi connectivity index (χ1v) is 7.35. The normalized spacial score (nSPS) is 10.9. The smallest absolute Gasteiger partial charge is 0.341 e. The molecule has 8 heteroatoms. The molecule has 0 aliphatic carbocycles. The van der Waals surface area contributed by atoms with Crippen molar-refractivity contribution in [2.45, 2.75) is 0 Å². The molecule has 0 fully saturated rings. The van der Waals surface area contributed by atoms with Gasteiger partial charge in [0, 0.05) is 5.56 Å². The van der Waals surface area contributed by atoms with Crippen LogP contribution in [0.2, 0.25) is 0 Å². The number of H-pyrrole nitrogens is 1. The average Bonchev–Trinajstić information content (AvgIpc) is 2.61. The number of anilines is 1. The highest BCUT2D eigenvalue weighted by Gasteiger charge is 2.05. The number of carbonyl (C=O) groups is 1. The Morgan fingerprint density at radius 2 is 2.00 bits per heavy atom. The molecule has 0 spiro atoms. The Balaban J connectivity index is 1.79. The summed E-state index contributed by atoms with van der Waals surface area (Å²) in [5, 5.41) is 12.7. The van der Waals surface area contributed by atoms with Gasteiger partial charge in [-0.25, -0.2) is 9.78 Å². The standard InChI is InChI=1S/C17H14N4O4/c22-15(23)10-25-14-8-4-1-5-11(14)9-18-21-16-17(24)20-13-7-3-2-6-12(13)19-16/h1-9H,10H2,(H,19,21)(H,20,24)(H,22,23)/b18-9+. The number of nitrogens with zero attached hydrogens (tertiary/aromatic N) is 2. The fraction of sp³-hybridized carbons (Fsp3) is 0.0588. The minimum atomic E-state index is -1.07. The number of hydrogen-bond acceptors (Lipinski definition) is 6. The minimum absolute atomic E-state index is 0.0545. The largest absolute Gasteiger partial charge is 0.481 e. The van der Waals surface area contributed by atoms with E-state index in [2.05, 4.69) is 20.5 Å². The van der Waals surface area contributed by atoms with Crippen LogP contribution >= 0.6 is 0 Å². The molecule has 0 amide bonds. The molecule has 3 N–H and O–H groups in total. The van der Waals surface area contributed by atoms with Crippen LogP contribution in [0.3, 0.4) is 0 Å². The zero-order valence-corrected chi connectivity index (χ0v) is 13.0. The predicted octanol–water partition coefficient (Wildman–Crippen LogP) is 1.83. The van der Waals surface area contributed by atoms with Crippen molar-refractivity contribution in [3.8, 4) is 5.75 Å². The summed E-state index contributed by atoms with van der Waals surface area (Å²) in [6, 6.07) is 14.0. The highest BCUT2D eigenvalue weighted by atomic mass is 16.5. The average molecular weight is 338 g/mol. The quantitative estimate of drug-likeness (QED) is 0.466. The number of fused-ring (bicyclic) bond motifs is 1. The molecule has 0 aliphatic heterocycles. The lowest BCUT2D eigenvalue weighted by molar-refractivity contribution is -0.139. The van der Waals surface area contributed by atoms with Gasteiger partial charge in [-0.2, -0.15) is 5.10 Å². The van der Waals surface area contributed by atoms with Crippen LogP contribution in [0, 0.1) is 0 Å². The van der Waals surface area contributed by atoms with Gasteiger partial charge in [-0.05, 0) is 24.3 Å². The van der Waals surface area contributed by atoms with Crippen LogP contribution in [0.1, 0.15) is 5.56 Å². The van der Waals surface area contributed by atoms with Crippen LogP contribution in [0.15, 0.2) is 58.4 Å². The molecule has 3 rings (SSSR count). The van der Waals surface area contributed by atoms with Gasteiger partial charge in [0.05, 0.1) is 17.2 Å². The van der Waals surface area contributed by atoms with Gasteiger partial charge in [0.25, 0.3) is 5.56 Å². The molecule has 0 saturated carbocycles. The number of rotatable bonds is 6. The van der Waals surface area contributed by atoms with Crippen LogP contribution in [0.5, 0.6) is 5.75 Å². The number of nitrogens with one attached hydrogen (secondary N) is 2. The maximum atomic E-state index is 12.0. The molecule has 25 heavy (non-hydrogen) atoms. The number of carboxylic acids is 1. The summed E-state index contributed by atoms with van der Waals surface area (Å²) >= 11 is 0. The Bertz CT molecular complexity index is 997. The van der Waals surface area contributed by atoms with Gasteiger partial charge in [0.2, 0.25) is 5.82 Å². The number of carboxylic acid groups (broad SMARTS) is 1. The molecule has 1 aromatic heterocycles. The second kappa shape index (κ2) is 7.26. The lowest BCUT2D eigenvalue weighted by atomic mass is 10.2. The highest BCUT2D eigenvalue weighted by molar-refractivity contribution is 5.84. The number of aliphatic carboxylic acids is 1. The number of aromatic nitrogens is 2. The summed E-state index contributed by atoms with van der Waals surface area (Å²) in [6.45, 7) is -0.454. The lowest BCUT2D eigenvalue weighted by Crippen LogP contribution is -2.13. The third kappa shape index (κ3) is 3.99. The van der Waals surface area contributed by atoms with Crippen molar-refractivity contribution in [1.29, 1.82) is 0 Å². The molecule has 3 aromatic rings. The molecule has 1 heterocycles. The third-order valence-corrected chi connectivity index (χ3v) is 3.24. The monoisotopic (exact) mass is 338 g/mol. The summed E-state index contributed by atoms with van der Waals surface area (Å²) in [7, 11) is 0. The van der Waals surface area contributed by atoms with E-state index >= 15 is 0 Å². The number of hydrogen-bond donors (Lipinski definition) is 3. The number of aromatic amines is 1. The Morgan fingerprint density at radius 1 is 1.24 bits per heavy atom. The zero-order chi connectivity index (χ0) is 17.6. The van der Waals surface area contributed by atoms with Gasteiger partial charge in [0.1, 0.15) is 5.75 Å². The molecule has 0 aliphatic rings. The van der Waals surface area contributed by atoms with Crippen LogP contribution in [-0.2, 0) is 4.79 Å². The van der Waals surface area contributed by atoms with Crippen LogP contribution in [-0.4, -0.2) is 33.9 Å². The predicted molar refractivity (Wildman–Crippen MR) is 93.2 cm³/mol. The highest BCUT2D eigenvalue weighted by Crippen LogP contribution is 2.16. The van der Waals surface area contributed by atoms with Crippen molar-refractivity contribution >= 4 is 29.0 Å². The molecule has 0 saturated heterocycles. The Morgan fingerprint density at radius 3 is 2.84 bits per heavy atom. The fourth-order valence-corrected chi connectivity index (χ4v) is 2.13. The molecule has 0 bridgehead atoms. The van der Waals surface area contributed by atoms with Crippen molar-refractivity contribution in [2.24, 2.45) is 5.10 Å². The second-order valence-corrected chi connectivity index (χ2v) is 5.02. The SMILES string of the molecule is O=C(O)COc1ccccc1/C=N/Nc1nc2ccccc2[nH]c1=O. The topological polar surface area (TPSA) is 117 Å². The Labute approximate surface area is 141 Å². The van der Waals surface area contributed by atoms with Gasteiger partial charge in [-0.1, -0.05) is 24.3 Å². The fourth-order valence-electron chi connectivity index (χ4n) is 2.13.